The Bertz CT molecular complexity index is 1000. The summed E-state index contributed by atoms with van der Waals surface area (Å²) in [6, 6.07) is 5.61. The molecule has 0 radical (unpaired) electrons. The minimum atomic E-state index is -0.809. The smallest absolute Gasteiger partial charge is 0.271 e. The summed E-state index contributed by atoms with van der Waals surface area (Å²) in [4.78, 5) is 45.2. The van der Waals surface area contributed by atoms with Crippen LogP contribution in [0.25, 0.3) is 0 Å². The largest absolute Gasteiger partial charge is 0.323 e. The number of anilines is 2. The van der Waals surface area contributed by atoms with E-state index in [1.807, 2.05) is 0 Å². The Morgan fingerprint density at radius 3 is 1.41 bits per heavy atom. The van der Waals surface area contributed by atoms with Crippen LogP contribution < -0.4 is 10.6 Å². The van der Waals surface area contributed by atoms with Gasteiger partial charge in [0.05, 0.1) is 21.2 Å². The molecule has 2 amide bonds. The molecule has 2 N–H and O–H groups in total. The molecule has 1 aliphatic rings. The fourth-order valence-electron chi connectivity index (χ4n) is 3.53. The summed E-state index contributed by atoms with van der Waals surface area (Å²) < 4.78 is 27.8. The fourth-order valence-corrected chi connectivity index (χ4v) is 3.53. The maximum Gasteiger partial charge on any atom is 0.271 e. The Balaban J connectivity index is 1.58. The van der Waals surface area contributed by atoms with Crippen LogP contribution >= 0.6 is 0 Å². The van der Waals surface area contributed by atoms with Gasteiger partial charge in [0.15, 0.2) is 0 Å². The number of nitrogens with one attached hydrogen (secondary N) is 2. The van der Waals surface area contributed by atoms with Crippen molar-refractivity contribution in [3.8, 4) is 0 Å². The zero-order chi connectivity index (χ0) is 23.4. The van der Waals surface area contributed by atoms with Crippen LogP contribution in [-0.2, 0) is 9.59 Å². The van der Waals surface area contributed by atoms with E-state index in [0.29, 0.717) is 0 Å². The Hall–Kier alpha value is -3.96. The van der Waals surface area contributed by atoms with Gasteiger partial charge in [0.2, 0.25) is 11.8 Å². The maximum absolute atomic E-state index is 13.9. The molecule has 0 aliphatic heterocycles. The van der Waals surface area contributed by atoms with E-state index in [9.17, 15) is 38.6 Å². The number of nitro groups is 2. The van der Waals surface area contributed by atoms with Gasteiger partial charge in [0, 0.05) is 36.1 Å². The summed E-state index contributed by atoms with van der Waals surface area (Å²) in [5.41, 5.74) is -1.33. The number of nitrogens with zero attached hydrogens (tertiary/aromatic N) is 2. The van der Waals surface area contributed by atoms with Gasteiger partial charge in [-0.25, -0.2) is 8.78 Å². The number of carbonyl (C=O) groups excluding carboxylic acids is 2. The monoisotopic (exact) mass is 448 g/mol. The van der Waals surface area contributed by atoms with Crippen molar-refractivity contribution in [1.29, 1.82) is 0 Å². The third-order valence-corrected chi connectivity index (χ3v) is 5.31. The Kier molecular flexibility index (Phi) is 6.71. The van der Waals surface area contributed by atoms with Gasteiger partial charge >= 0.3 is 0 Å². The highest BCUT2D eigenvalue weighted by atomic mass is 19.1. The van der Waals surface area contributed by atoms with E-state index < -0.39 is 45.1 Å². The van der Waals surface area contributed by atoms with Crippen molar-refractivity contribution < 1.29 is 28.2 Å². The van der Waals surface area contributed by atoms with Crippen molar-refractivity contribution in [3.63, 3.8) is 0 Å². The highest BCUT2D eigenvalue weighted by Crippen LogP contribution is 2.32. The summed E-state index contributed by atoms with van der Waals surface area (Å²) in [7, 11) is 0. The van der Waals surface area contributed by atoms with Crippen LogP contribution in [-0.4, -0.2) is 21.7 Å². The predicted molar refractivity (Wildman–Crippen MR) is 109 cm³/mol. The molecule has 0 atom stereocenters. The first-order chi connectivity index (χ1) is 15.2. The molecule has 2 aromatic carbocycles. The quantitative estimate of drug-likeness (QED) is 0.501. The summed E-state index contributed by atoms with van der Waals surface area (Å²) >= 11 is 0. The van der Waals surface area contributed by atoms with Crippen molar-refractivity contribution in [2.45, 2.75) is 25.7 Å². The molecular formula is C20H18F2N4O6. The van der Waals surface area contributed by atoms with Gasteiger partial charge in [-0.15, -0.1) is 0 Å². The van der Waals surface area contributed by atoms with Crippen LogP contribution in [0.3, 0.4) is 0 Å². The van der Waals surface area contributed by atoms with Crippen LogP contribution in [0.2, 0.25) is 0 Å². The number of hydrogen-bond donors (Lipinski definition) is 2. The summed E-state index contributed by atoms with van der Waals surface area (Å²) in [6.07, 6.45) is 1.16. The van der Waals surface area contributed by atoms with E-state index in [2.05, 4.69) is 10.6 Å². The van der Waals surface area contributed by atoms with Crippen LogP contribution in [0.15, 0.2) is 36.4 Å². The molecule has 0 spiro atoms. The summed E-state index contributed by atoms with van der Waals surface area (Å²) in [6.45, 7) is 0. The molecule has 168 valence electrons. The number of nitro benzene ring substituents is 2. The van der Waals surface area contributed by atoms with Gasteiger partial charge in [0.1, 0.15) is 11.6 Å². The van der Waals surface area contributed by atoms with Gasteiger partial charge in [-0.2, -0.15) is 0 Å². The van der Waals surface area contributed by atoms with Crippen molar-refractivity contribution in [2.24, 2.45) is 11.8 Å². The first kappa shape index (κ1) is 22.7. The molecule has 32 heavy (non-hydrogen) atoms. The number of carbonyl (C=O) groups is 2. The molecule has 12 heteroatoms. The van der Waals surface area contributed by atoms with E-state index >= 15 is 0 Å². The predicted octanol–water partition coefficient (Wildman–Crippen LogP) is 4.16. The topological polar surface area (TPSA) is 144 Å². The normalized spacial score (nSPS) is 17.9. The number of benzene rings is 2. The van der Waals surface area contributed by atoms with Gasteiger partial charge in [-0.1, -0.05) is 0 Å². The van der Waals surface area contributed by atoms with E-state index in [1.165, 1.54) is 0 Å². The molecule has 0 saturated heterocycles. The number of amides is 2. The lowest BCUT2D eigenvalue weighted by Crippen LogP contribution is -2.32. The lowest BCUT2D eigenvalue weighted by Gasteiger charge is -2.27. The second-order valence-corrected chi connectivity index (χ2v) is 7.37. The first-order valence-electron chi connectivity index (χ1n) is 9.65. The van der Waals surface area contributed by atoms with E-state index in [-0.39, 0.29) is 48.4 Å². The van der Waals surface area contributed by atoms with Gasteiger partial charge in [0.25, 0.3) is 11.4 Å². The Morgan fingerprint density at radius 2 is 1.09 bits per heavy atom. The molecule has 1 aliphatic carbocycles. The SMILES string of the molecule is O=C(Nc1cc([N+](=O)[O-])ccc1F)C1CCC(C(=O)Nc2cc([N+](=O)[O-])ccc2F)CC1. The standard InChI is InChI=1S/C20H18F2N4O6/c21-15-7-5-13(25(29)30)9-17(15)23-19(27)11-1-2-12(4-3-11)20(28)24-18-10-14(26(31)32)6-8-16(18)22/h5-12H,1-4H2,(H,23,27)(H,24,28). The van der Waals surface area contributed by atoms with Crippen LogP contribution in [0.5, 0.6) is 0 Å². The average molecular weight is 448 g/mol. The highest BCUT2D eigenvalue weighted by Gasteiger charge is 2.31. The number of halogens is 2. The number of rotatable bonds is 6. The lowest BCUT2D eigenvalue weighted by atomic mass is 9.81. The minimum Gasteiger partial charge on any atom is -0.323 e. The maximum atomic E-state index is 13.9. The first-order valence-corrected chi connectivity index (χ1v) is 9.65. The molecule has 2 aromatic rings. The number of non-ortho nitro benzene ring substituents is 2. The van der Waals surface area contributed by atoms with E-state index in [0.717, 1.165) is 36.4 Å². The van der Waals surface area contributed by atoms with E-state index in [1.54, 1.807) is 0 Å². The molecule has 10 nitrogen and oxygen atoms in total. The lowest BCUT2D eigenvalue weighted by molar-refractivity contribution is -0.385. The van der Waals surface area contributed by atoms with Gasteiger partial charge in [-0.05, 0) is 37.8 Å². The van der Waals surface area contributed by atoms with Crippen molar-refractivity contribution in [3.05, 3.63) is 68.3 Å². The second kappa shape index (κ2) is 9.45. The third-order valence-electron chi connectivity index (χ3n) is 5.31. The Labute approximate surface area is 179 Å². The molecular weight excluding hydrogens is 430 g/mol. The van der Waals surface area contributed by atoms with Crippen molar-refractivity contribution in [2.75, 3.05) is 10.6 Å². The molecule has 0 heterocycles. The van der Waals surface area contributed by atoms with Crippen molar-refractivity contribution >= 4 is 34.6 Å². The Morgan fingerprint density at radius 1 is 0.750 bits per heavy atom. The molecule has 3 rings (SSSR count). The highest BCUT2D eigenvalue weighted by molar-refractivity contribution is 5.95. The zero-order valence-corrected chi connectivity index (χ0v) is 16.5. The van der Waals surface area contributed by atoms with Gasteiger partial charge < -0.3 is 10.6 Å². The van der Waals surface area contributed by atoms with Crippen LogP contribution in [0.4, 0.5) is 31.5 Å². The van der Waals surface area contributed by atoms with Crippen molar-refractivity contribution in [1.82, 2.24) is 0 Å². The number of hydrogen-bond acceptors (Lipinski definition) is 6. The molecule has 0 unspecified atom stereocenters. The fraction of sp³-hybridized carbons (Fsp3) is 0.300. The average Bonchev–Trinajstić information content (AvgIpc) is 2.76. The van der Waals surface area contributed by atoms with E-state index in [4.69, 9.17) is 0 Å². The zero-order valence-electron chi connectivity index (χ0n) is 16.5. The third kappa shape index (κ3) is 5.20. The summed E-state index contributed by atoms with van der Waals surface area (Å²) in [5, 5.41) is 26.4. The van der Waals surface area contributed by atoms with Crippen LogP contribution in [0.1, 0.15) is 25.7 Å². The molecule has 1 fully saturated rings. The minimum absolute atomic E-state index is 0.290. The summed E-state index contributed by atoms with van der Waals surface area (Å²) in [5.74, 6) is -3.73. The molecule has 1 saturated carbocycles. The van der Waals surface area contributed by atoms with Gasteiger partial charge in [-0.3, -0.25) is 29.8 Å². The molecule has 0 bridgehead atoms. The molecule has 0 aromatic heterocycles. The second-order valence-electron chi connectivity index (χ2n) is 7.37. The van der Waals surface area contributed by atoms with Crippen LogP contribution in [0, 0.1) is 43.7 Å².